The van der Waals surface area contributed by atoms with Gasteiger partial charge in [-0.15, -0.1) is 0 Å². The van der Waals surface area contributed by atoms with Crippen molar-refractivity contribution in [3.8, 4) is 0 Å². The first-order chi connectivity index (χ1) is 13.7. The lowest BCUT2D eigenvalue weighted by Gasteiger charge is -2.52. The third-order valence-electron chi connectivity index (χ3n) is 9.50. The van der Waals surface area contributed by atoms with Crippen molar-refractivity contribution in [2.75, 3.05) is 0 Å². The number of aliphatic hydroxyl groups is 1. The summed E-state index contributed by atoms with van der Waals surface area (Å²) in [7, 11) is 0. The fourth-order valence-electron chi connectivity index (χ4n) is 7.41. The van der Waals surface area contributed by atoms with Crippen LogP contribution in [-0.4, -0.2) is 11.2 Å². The summed E-state index contributed by atoms with van der Waals surface area (Å²) in [4.78, 5) is 0. The predicted molar refractivity (Wildman–Crippen MR) is 124 cm³/mol. The summed E-state index contributed by atoms with van der Waals surface area (Å²) in [5.74, 6) is 2.70. The Balaban J connectivity index is 1.58. The molecule has 2 saturated carbocycles. The topological polar surface area (TPSA) is 20.2 Å². The average Bonchev–Trinajstić information content (AvgIpc) is 3.03. The molecular formula is C28H42O. The summed E-state index contributed by atoms with van der Waals surface area (Å²) in [6.45, 7) is 16.2. The van der Waals surface area contributed by atoms with Gasteiger partial charge in [-0.05, 0) is 80.5 Å². The number of aliphatic hydroxyl groups excluding tert-OH is 1. The lowest BCUT2D eigenvalue weighted by atomic mass is 9.53. The summed E-state index contributed by atoms with van der Waals surface area (Å²) in [6.07, 6.45) is 16.6. The minimum atomic E-state index is -0.116. The van der Waals surface area contributed by atoms with E-state index in [1.54, 1.807) is 11.1 Å². The van der Waals surface area contributed by atoms with Crippen LogP contribution in [0.5, 0.6) is 0 Å². The molecular weight excluding hydrogens is 352 g/mol. The highest BCUT2D eigenvalue weighted by Gasteiger charge is 2.54. The second-order valence-electron chi connectivity index (χ2n) is 11.4. The van der Waals surface area contributed by atoms with E-state index in [1.165, 1.54) is 36.8 Å². The van der Waals surface area contributed by atoms with Crippen molar-refractivity contribution < 1.29 is 5.11 Å². The molecule has 0 spiro atoms. The Morgan fingerprint density at radius 3 is 2.66 bits per heavy atom. The molecule has 4 aliphatic carbocycles. The normalized spacial score (nSPS) is 40.5. The predicted octanol–water partition coefficient (Wildman–Crippen LogP) is 7.40. The van der Waals surface area contributed by atoms with Gasteiger partial charge in [0.25, 0.3) is 0 Å². The maximum atomic E-state index is 10.2. The maximum Gasteiger partial charge on any atom is 0.0578 e. The number of rotatable bonds is 4. The summed E-state index contributed by atoms with van der Waals surface area (Å²) in [5.41, 5.74) is 7.05. The van der Waals surface area contributed by atoms with Crippen molar-refractivity contribution in [2.24, 2.45) is 34.5 Å². The summed E-state index contributed by atoms with van der Waals surface area (Å²) < 4.78 is 0. The average molecular weight is 395 g/mol. The van der Waals surface area contributed by atoms with Gasteiger partial charge in [-0.1, -0.05) is 81.7 Å². The van der Waals surface area contributed by atoms with Crippen LogP contribution in [0, 0.1) is 34.5 Å². The maximum absolute atomic E-state index is 10.2. The van der Waals surface area contributed by atoms with Crippen molar-refractivity contribution in [3.63, 3.8) is 0 Å². The number of hydrogen-bond donors (Lipinski definition) is 1. The van der Waals surface area contributed by atoms with Crippen LogP contribution in [-0.2, 0) is 0 Å². The number of fused-ring (bicyclic) bond motifs is 4. The highest BCUT2D eigenvalue weighted by Crippen LogP contribution is 2.64. The molecule has 1 nitrogen and oxygen atoms in total. The Morgan fingerprint density at radius 2 is 1.93 bits per heavy atom. The first-order valence-electron chi connectivity index (χ1n) is 12.1. The van der Waals surface area contributed by atoms with Gasteiger partial charge < -0.3 is 5.11 Å². The van der Waals surface area contributed by atoms with Crippen LogP contribution in [0.15, 0.2) is 47.1 Å². The summed E-state index contributed by atoms with van der Waals surface area (Å²) in [5, 5.41) is 10.2. The highest BCUT2D eigenvalue weighted by molar-refractivity contribution is 5.43. The second-order valence-corrected chi connectivity index (χ2v) is 11.4. The van der Waals surface area contributed by atoms with Gasteiger partial charge >= 0.3 is 0 Å². The van der Waals surface area contributed by atoms with E-state index < -0.39 is 0 Å². The van der Waals surface area contributed by atoms with E-state index in [4.69, 9.17) is 0 Å². The quantitative estimate of drug-likeness (QED) is 0.389. The lowest BCUT2D eigenvalue weighted by molar-refractivity contribution is 0.0972. The molecule has 2 fully saturated rings. The zero-order valence-corrected chi connectivity index (χ0v) is 19.4. The van der Waals surface area contributed by atoms with Gasteiger partial charge in [0.15, 0.2) is 0 Å². The second kappa shape index (κ2) is 7.56. The van der Waals surface area contributed by atoms with E-state index in [1.807, 2.05) is 0 Å². The molecule has 0 heterocycles. The fourth-order valence-corrected chi connectivity index (χ4v) is 7.41. The van der Waals surface area contributed by atoms with Crippen molar-refractivity contribution in [1.29, 1.82) is 0 Å². The third-order valence-corrected chi connectivity index (χ3v) is 9.50. The van der Waals surface area contributed by atoms with Crippen LogP contribution < -0.4 is 0 Å². The lowest BCUT2D eigenvalue weighted by Crippen LogP contribution is -2.41. The molecule has 0 aromatic heterocycles. The van der Waals surface area contributed by atoms with Crippen molar-refractivity contribution in [3.05, 3.63) is 47.1 Å². The van der Waals surface area contributed by atoms with Crippen LogP contribution in [0.25, 0.3) is 0 Å². The van der Waals surface area contributed by atoms with Gasteiger partial charge in [0.2, 0.25) is 0 Å². The Labute approximate surface area is 179 Å². The molecule has 0 saturated heterocycles. The molecule has 29 heavy (non-hydrogen) atoms. The van der Waals surface area contributed by atoms with Crippen LogP contribution in [0.1, 0.15) is 86.0 Å². The standard InChI is InChI=1S/C28H42O/c1-18(2)19(3)7-8-20(4)24-11-12-25-23-10-9-21-17-22(29)13-15-27(21,5)26(23)14-16-28(24,25)6/h7-9,18,20,22,24-25,29H,3,10-17H2,1-2,4-6H3/t20-,22?,24-,25+,27+,28-/m1/s1. The zero-order chi connectivity index (χ0) is 21.0. The van der Waals surface area contributed by atoms with Gasteiger partial charge in [-0.25, -0.2) is 0 Å². The molecule has 160 valence electrons. The molecule has 0 bridgehead atoms. The van der Waals surface area contributed by atoms with E-state index in [2.05, 4.69) is 59.4 Å². The molecule has 0 amide bonds. The van der Waals surface area contributed by atoms with E-state index in [0.29, 0.717) is 17.3 Å². The molecule has 1 unspecified atom stereocenters. The van der Waals surface area contributed by atoms with Gasteiger partial charge in [0, 0.05) is 5.41 Å². The van der Waals surface area contributed by atoms with Gasteiger partial charge in [0.1, 0.15) is 0 Å². The Morgan fingerprint density at radius 1 is 1.17 bits per heavy atom. The molecule has 0 radical (unpaired) electrons. The molecule has 6 atom stereocenters. The molecule has 0 aliphatic heterocycles. The van der Waals surface area contributed by atoms with Crippen LogP contribution >= 0.6 is 0 Å². The van der Waals surface area contributed by atoms with Gasteiger partial charge in [0.05, 0.1) is 6.10 Å². The van der Waals surface area contributed by atoms with Crippen LogP contribution in [0.4, 0.5) is 0 Å². The Kier molecular flexibility index (Phi) is 5.52. The molecule has 0 aromatic rings. The van der Waals surface area contributed by atoms with Crippen molar-refractivity contribution in [2.45, 2.75) is 92.1 Å². The Bertz CT molecular complexity index is 765. The van der Waals surface area contributed by atoms with E-state index in [9.17, 15) is 5.11 Å². The molecule has 1 heteroatoms. The first kappa shape index (κ1) is 21.2. The van der Waals surface area contributed by atoms with E-state index in [-0.39, 0.29) is 11.5 Å². The zero-order valence-electron chi connectivity index (χ0n) is 19.4. The summed E-state index contributed by atoms with van der Waals surface area (Å²) in [6, 6.07) is 0. The van der Waals surface area contributed by atoms with E-state index >= 15 is 0 Å². The smallest absolute Gasteiger partial charge is 0.0578 e. The number of allylic oxidation sites excluding steroid dienone is 6. The van der Waals surface area contributed by atoms with Gasteiger partial charge in [-0.3, -0.25) is 0 Å². The molecule has 1 N–H and O–H groups in total. The molecule has 0 aromatic carbocycles. The Hall–Kier alpha value is -1.08. The van der Waals surface area contributed by atoms with Crippen molar-refractivity contribution >= 4 is 0 Å². The fraction of sp³-hybridized carbons (Fsp3) is 0.714. The minimum Gasteiger partial charge on any atom is -0.393 e. The molecule has 4 aliphatic rings. The van der Waals surface area contributed by atoms with Crippen LogP contribution in [0.3, 0.4) is 0 Å². The summed E-state index contributed by atoms with van der Waals surface area (Å²) >= 11 is 0. The third kappa shape index (κ3) is 3.42. The van der Waals surface area contributed by atoms with E-state index in [0.717, 1.165) is 37.5 Å². The minimum absolute atomic E-state index is 0.116. The van der Waals surface area contributed by atoms with Gasteiger partial charge in [-0.2, -0.15) is 0 Å². The molecule has 4 rings (SSSR count). The number of hydrogen-bond acceptors (Lipinski definition) is 1. The van der Waals surface area contributed by atoms with Crippen molar-refractivity contribution in [1.82, 2.24) is 0 Å². The van der Waals surface area contributed by atoms with Crippen LogP contribution in [0.2, 0.25) is 0 Å². The SMILES string of the molecule is C=C(C=C[C@@H](C)[C@H]1CC[C@H]2C3=C(CC[C@]12C)[C@@]1(C)CCC(O)CC1=CC3)C(C)C. The first-order valence-corrected chi connectivity index (χ1v) is 12.1. The highest BCUT2D eigenvalue weighted by atomic mass is 16.3. The largest absolute Gasteiger partial charge is 0.393 e. The monoisotopic (exact) mass is 394 g/mol.